The smallest absolute Gasteiger partial charge is 0.321 e. The number of sulfonamides is 1. The van der Waals surface area contributed by atoms with Crippen molar-refractivity contribution in [2.24, 2.45) is 0 Å². The van der Waals surface area contributed by atoms with Crippen LogP contribution in [0.2, 0.25) is 0 Å². The highest BCUT2D eigenvalue weighted by Crippen LogP contribution is 2.31. The van der Waals surface area contributed by atoms with Gasteiger partial charge in [0.1, 0.15) is 12.3 Å². The van der Waals surface area contributed by atoms with Crippen molar-refractivity contribution < 1.29 is 27.5 Å². The van der Waals surface area contributed by atoms with Crippen LogP contribution < -0.4 is 14.8 Å². The van der Waals surface area contributed by atoms with E-state index < -0.39 is 35.1 Å². The van der Waals surface area contributed by atoms with Crippen LogP contribution in [0.3, 0.4) is 0 Å². The molecule has 32 heavy (non-hydrogen) atoms. The van der Waals surface area contributed by atoms with Gasteiger partial charge in [-0.05, 0) is 60.2 Å². The van der Waals surface area contributed by atoms with Crippen LogP contribution >= 0.6 is 0 Å². The Balaban J connectivity index is 1.93. The van der Waals surface area contributed by atoms with E-state index in [0.717, 1.165) is 16.7 Å². The number of amides is 1. The van der Waals surface area contributed by atoms with Crippen molar-refractivity contribution in [1.82, 2.24) is 4.72 Å². The van der Waals surface area contributed by atoms with E-state index in [1.54, 1.807) is 25.1 Å². The first-order valence-electron chi connectivity index (χ1n) is 10.0. The average molecular weight is 463 g/mol. The number of aryl methyl sites for hydroxylation is 2. The van der Waals surface area contributed by atoms with Gasteiger partial charge in [0.25, 0.3) is 5.91 Å². The molecule has 174 valence electrons. The molecule has 2 rings (SSSR count). The molecular weight excluding hydrogens is 432 g/mol. The number of rotatable bonds is 8. The topological polar surface area (TPSA) is 111 Å². The lowest BCUT2D eigenvalue weighted by atomic mass is 9.87. The largest absolute Gasteiger partial charge is 0.495 e. The minimum atomic E-state index is -3.88. The Morgan fingerprint density at radius 2 is 1.69 bits per heavy atom. The van der Waals surface area contributed by atoms with Gasteiger partial charge in [0, 0.05) is 0 Å². The molecular formula is C23H30N2O6S. The average Bonchev–Trinajstić information content (AvgIpc) is 2.72. The lowest BCUT2D eigenvalue weighted by Gasteiger charge is -2.21. The second kappa shape index (κ2) is 10.1. The summed E-state index contributed by atoms with van der Waals surface area (Å²) >= 11 is 0. The van der Waals surface area contributed by atoms with Crippen molar-refractivity contribution in [2.75, 3.05) is 25.6 Å². The molecule has 0 unspecified atom stereocenters. The number of esters is 1. The van der Waals surface area contributed by atoms with E-state index in [1.165, 1.54) is 19.2 Å². The highest BCUT2D eigenvalue weighted by Gasteiger charge is 2.19. The summed E-state index contributed by atoms with van der Waals surface area (Å²) in [5, 5.41) is 2.66. The molecule has 0 aliphatic carbocycles. The van der Waals surface area contributed by atoms with Crippen LogP contribution in [0, 0.1) is 13.8 Å². The maximum atomic E-state index is 12.4. The molecule has 0 fully saturated rings. The third-order valence-electron chi connectivity index (χ3n) is 4.90. The third kappa shape index (κ3) is 6.80. The molecule has 8 nitrogen and oxygen atoms in total. The van der Waals surface area contributed by atoms with Crippen LogP contribution in [0.4, 0.5) is 5.69 Å². The normalized spacial score (nSPS) is 11.7. The molecule has 0 aromatic heterocycles. The Labute approximate surface area is 189 Å². The summed E-state index contributed by atoms with van der Waals surface area (Å²) in [7, 11) is -2.39. The van der Waals surface area contributed by atoms with Gasteiger partial charge in [-0.2, -0.15) is 4.72 Å². The Morgan fingerprint density at radius 3 is 2.28 bits per heavy atom. The molecule has 0 bridgehead atoms. The second-order valence-electron chi connectivity index (χ2n) is 8.44. The van der Waals surface area contributed by atoms with Gasteiger partial charge in [0.15, 0.2) is 6.61 Å². The molecule has 0 atom stereocenters. The maximum absolute atomic E-state index is 12.4. The van der Waals surface area contributed by atoms with E-state index in [9.17, 15) is 18.0 Å². The fourth-order valence-electron chi connectivity index (χ4n) is 2.77. The van der Waals surface area contributed by atoms with Crippen LogP contribution in [0.5, 0.6) is 5.75 Å². The van der Waals surface area contributed by atoms with E-state index >= 15 is 0 Å². The zero-order chi connectivity index (χ0) is 24.1. The second-order valence-corrected chi connectivity index (χ2v) is 10.2. The van der Waals surface area contributed by atoms with E-state index in [4.69, 9.17) is 9.47 Å². The first kappa shape index (κ1) is 25.4. The van der Waals surface area contributed by atoms with Crippen molar-refractivity contribution >= 4 is 27.6 Å². The van der Waals surface area contributed by atoms with Crippen LogP contribution in [-0.2, 0) is 29.8 Å². The summed E-state index contributed by atoms with van der Waals surface area (Å²) in [6.45, 7) is 8.64. The molecule has 0 aliphatic heterocycles. The number of nitrogens with one attached hydrogen (secondary N) is 2. The van der Waals surface area contributed by atoms with Gasteiger partial charge < -0.3 is 14.8 Å². The summed E-state index contributed by atoms with van der Waals surface area (Å²) < 4.78 is 37.1. The number of carbonyl (C=O) groups excluding carboxylic acids is 2. The summed E-state index contributed by atoms with van der Waals surface area (Å²) in [5.41, 5.74) is 3.09. The molecule has 9 heteroatoms. The zero-order valence-corrected chi connectivity index (χ0v) is 20.1. The molecule has 0 saturated carbocycles. The Hall–Kier alpha value is -2.91. The van der Waals surface area contributed by atoms with E-state index in [-0.39, 0.29) is 10.3 Å². The van der Waals surface area contributed by atoms with E-state index in [0.29, 0.717) is 11.4 Å². The third-order valence-corrected chi connectivity index (χ3v) is 6.30. The number of ether oxygens (including phenoxy) is 2. The first-order chi connectivity index (χ1) is 14.8. The predicted molar refractivity (Wildman–Crippen MR) is 122 cm³/mol. The molecule has 0 spiro atoms. The van der Waals surface area contributed by atoms with Crippen LogP contribution in [-0.4, -0.2) is 40.6 Å². The lowest BCUT2D eigenvalue weighted by Crippen LogP contribution is -2.32. The highest BCUT2D eigenvalue weighted by molar-refractivity contribution is 7.89. The molecule has 2 N–H and O–H groups in total. The standard InChI is InChI=1S/C23H30N2O6S/c1-15-7-9-18(11-16(15)2)32(28,29)24-13-22(27)31-14-21(26)25-19-12-17(23(3,4)5)8-10-20(19)30-6/h7-12,24H,13-14H2,1-6H3,(H,25,26). The van der Waals surface area contributed by atoms with Crippen molar-refractivity contribution in [3.8, 4) is 5.75 Å². The lowest BCUT2D eigenvalue weighted by molar-refractivity contribution is -0.146. The number of hydrogen-bond acceptors (Lipinski definition) is 6. The number of hydrogen-bond donors (Lipinski definition) is 2. The van der Waals surface area contributed by atoms with Gasteiger partial charge in [-0.15, -0.1) is 0 Å². The van der Waals surface area contributed by atoms with Gasteiger partial charge in [-0.25, -0.2) is 8.42 Å². The molecule has 1 amide bonds. The predicted octanol–water partition coefficient (Wildman–Crippen LogP) is 3.07. The molecule has 0 radical (unpaired) electrons. The van der Waals surface area contributed by atoms with Crippen LogP contribution in [0.15, 0.2) is 41.3 Å². The molecule has 0 heterocycles. The van der Waals surface area contributed by atoms with Gasteiger partial charge in [0.2, 0.25) is 10.0 Å². The number of carbonyl (C=O) groups is 2. The van der Waals surface area contributed by atoms with Gasteiger partial charge in [-0.1, -0.05) is 32.9 Å². The number of anilines is 1. The van der Waals surface area contributed by atoms with Gasteiger partial charge in [0.05, 0.1) is 17.7 Å². The molecule has 0 saturated heterocycles. The molecule has 2 aromatic carbocycles. The molecule has 0 aliphatic rings. The minimum Gasteiger partial charge on any atom is -0.495 e. The van der Waals surface area contributed by atoms with Gasteiger partial charge >= 0.3 is 5.97 Å². The van der Waals surface area contributed by atoms with Gasteiger partial charge in [-0.3, -0.25) is 9.59 Å². The van der Waals surface area contributed by atoms with Crippen molar-refractivity contribution in [3.05, 3.63) is 53.1 Å². The zero-order valence-electron chi connectivity index (χ0n) is 19.2. The Kier molecular flexibility index (Phi) is 8.03. The first-order valence-corrected chi connectivity index (χ1v) is 11.5. The van der Waals surface area contributed by atoms with Crippen molar-refractivity contribution in [1.29, 1.82) is 0 Å². The summed E-state index contributed by atoms with van der Waals surface area (Å²) in [4.78, 5) is 24.3. The number of methoxy groups -OCH3 is 1. The minimum absolute atomic E-state index is 0.0527. The quantitative estimate of drug-likeness (QED) is 0.584. The highest BCUT2D eigenvalue weighted by atomic mass is 32.2. The van der Waals surface area contributed by atoms with Crippen molar-refractivity contribution in [2.45, 2.75) is 44.9 Å². The summed E-state index contributed by atoms with van der Waals surface area (Å²) in [6, 6.07) is 10.1. The Morgan fingerprint density at radius 1 is 1.00 bits per heavy atom. The summed E-state index contributed by atoms with van der Waals surface area (Å²) in [6.07, 6.45) is 0. The SMILES string of the molecule is COc1ccc(C(C)(C)C)cc1NC(=O)COC(=O)CNS(=O)(=O)c1ccc(C)c(C)c1. The summed E-state index contributed by atoms with van der Waals surface area (Å²) in [5.74, 6) is -0.971. The maximum Gasteiger partial charge on any atom is 0.321 e. The monoisotopic (exact) mass is 462 g/mol. The van der Waals surface area contributed by atoms with Crippen LogP contribution in [0.25, 0.3) is 0 Å². The molecule has 2 aromatic rings. The fraction of sp³-hybridized carbons (Fsp3) is 0.391. The van der Waals surface area contributed by atoms with Crippen LogP contribution in [0.1, 0.15) is 37.5 Å². The Bertz CT molecular complexity index is 1100. The van der Waals surface area contributed by atoms with E-state index in [1.807, 2.05) is 33.8 Å². The number of benzene rings is 2. The fourth-order valence-corrected chi connectivity index (χ4v) is 3.83. The van der Waals surface area contributed by atoms with E-state index in [2.05, 4.69) is 10.0 Å². The van der Waals surface area contributed by atoms with Crippen molar-refractivity contribution in [3.63, 3.8) is 0 Å².